The normalized spacial score (nSPS) is 26.5. The molecule has 2 atom stereocenters. The van der Waals surface area contributed by atoms with Crippen molar-refractivity contribution in [1.82, 2.24) is 5.32 Å². The fourth-order valence-electron chi connectivity index (χ4n) is 1.16. The van der Waals surface area contributed by atoms with Crippen molar-refractivity contribution in [3.63, 3.8) is 0 Å². The molecule has 1 aliphatic rings. The van der Waals surface area contributed by atoms with Gasteiger partial charge in [-0.2, -0.15) is 0 Å². The second-order valence-electron chi connectivity index (χ2n) is 3.32. The Bertz CT molecular complexity index is 199. The Labute approximate surface area is 89.4 Å². The Morgan fingerprint density at radius 2 is 2.43 bits per heavy atom. The van der Waals surface area contributed by atoms with Gasteiger partial charge in [0, 0.05) is 26.0 Å². The maximum absolute atomic E-state index is 5.21. The minimum Gasteiger partial charge on any atom is -0.382 e. The Kier molecular flexibility index (Phi) is 5.29. The van der Waals surface area contributed by atoms with Crippen molar-refractivity contribution in [2.24, 2.45) is 4.99 Å². The molecule has 4 nitrogen and oxygen atoms in total. The van der Waals surface area contributed by atoms with Crippen LogP contribution in [0.5, 0.6) is 0 Å². The lowest BCUT2D eigenvalue weighted by atomic mass is 10.4. The first-order valence-electron chi connectivity index (χ1n) is 4.71. The van der Waals surface area contributed by atoms with Gasteiger partial charge in [0.25, 0.3) is 0 Å². The molecule has 0 radical (unpaired) electrons. The van der Waals surface area contributed by atoms with Crippen LogP contribution in [0.25, 0.3) is 0 Å². The highest BCUT2D eigenvalue weighted by atomic mass is 32.2. The first kappa shape index (κ1) is 11.8. The molecule has 1 fully saturated rings. The van der Waals surface area contributed by atoms with Crippen LogP contribution in [-0.2, 0) is 9.47 Å². The van der Waals surface area contributed by atoms with E-state index in [-0.39, 0.29) is 6.10 Å². The third-order valence-electron chi connectivity index (χ3n) is 1.96. The number of amidine groups is 1. The van der Waals surface area contributed by atoms with Crippen LogP contribution in [0.15, 0.2) is 4.99 Å². The summed E-state index contributed by atoms with van der Waals surface area (Å²) in [5.41, 5.74) is 0. The van der Waals surface area contributed by atoms with E-state index in [9.17, 15) is 0 Å². The average molecular weight is 218 g/mol. The van der Waals surface area contributed by atoms with Crippen LogP contribution < -0.4 is 5.32 Å². The number of methoxy groups -OCH3 is 2. The molecule has 5 heteroatoms. The predicted octanol–water partition coefficient (Wildman–Crippen LogP) is 0.729. The third-order valence-corrected chi connectivity index (χ3v) is 3.15. The molecule has 1 N–H and O–H groups in total. The minimum atomic E-state index is 0.0609. The van der Waals surface area contributed by atoms with Crippen LogP contribution in [0.2, 0.25) is 0 Å². The standard InChI is InChI=1S/C9H18N2O2S/c1-7-6-14-9(11-7)10-4-8(13-3)5-12-2/h7-8H,4-6H2,1-3H3,(H,10,11). The summed E-state index contributed by atoms with van der Waals surface area (Å²) in [6.45, 7) is 3.40. The monoisotopic (exact) mass is 218 g/mol. The second kappa shape index (κ2) is 6.27. The summed E-state index contributed by atoms with van der Waals surface area (Å²) in [5.74, 6) is 1.10. The molecule has 0 aromatic rings. The fraction of sp³-hybridized carbons (Fsp3) is 0.889. The van der Waals surface area contributed by atoms with Crippen molar-refractivity contribution < 1.29 is 9.47 Å². The maximum Gasteiger partial charge on any atom is 0.156 e. The van der Waals surface area contributed by atoms with E-state index in [1.807, 2.05) is 0 Å². The van der Waals surface area contributed by atoms with Gasteiger partial charge in [-0.05, 0) is 6.92 Å². The lowest BCUT2D eigenvalue weighted by Crippen LogP contribution is -2.26. The molecule has 0 saturated carbocycles. The number of thioether (sulfide) groups is 1. The molecule has 0 aliphatic carbocycles. The molecule has 0 aromatic carbocycles. The fourth-order valence-corrected chi connectivity index (χ4v) is 2.10. The topological polar surface area (TPSA) is 42.8 Å². The van der Waals surface area contributed by atoms with Crippen LogP contribution in [0.1, 0.15) is 6.92 Å². The van der Waals surface area contributed by atoms with Crippen LogP contribution in [0.4, 0.5) is 0 Å². The molecule has 1 heterocycles. The van der Waals surface area contributed by atoms with Gasteiger partial charge in [0.15, 0.2) is 5.17 Å². The molecule has 1 aliphatic heterocycles. The van der Waals surface area contributed by atoms with Crippen LogP contribution >= 0.6 is 11.8 Å². The van der Waals surface area contributed by atoms with Crippen molar-refractivity contribution in [3.05, 3.63) is 0 Å². The predicted molar refractivity (Wildman–Crippen MR) is 60.0 cm³/mol. The Morgan fingerprint density at radius 3 is 2.93 bits per heavy atom. The smallest absolute Gasteiger partial charge is 0.156 e. The van der Waals surface area contributed by atoms with Crippen LogP contribution in [0, 0.1) is 0 Å². The summed E-state index contributed by atoms with van der Waals surface area (Å²) in [4.78, 5) is 4.43. The zero-order chi connectivity index (χ0) is 10.4. The van der Waals surface area contributed by atoms with Crippen molar-refractivity contribution >= 4 is 16.9 Å². The van der Waals surface area contributed by atoms with Gasteiger partial charge in [0.1, 0.15) is 0 Å². The van der Waals surface area contributed by atoms with E-state index in [0.717, 1.165) is 10.9 Å². The van der Waals surface area contributed by atoms with E-state index in [4.69, 9.17) is 9.47 Å². The van der Waals surface area contributed by atoms with E-state index in [0.29, 0.717) is 19.2 Å². The van der Waals surface area contributed by atoms with Crippen molar-refractivity contribution in [2.75, 3.05) is 33.1 Å². The number of hydrogen-bond acceptors (Lipinski definition) is 4. The summed E-state index contributed by atoms with van der Waals surface area (Å²) in [6.07, 6.45) is 0.0609. The largest absolute Gasteiger partial charge is 0.382 e. The lowest BCUT2D eigenvalue weighted by molar-refractivity contribution is 0.0344. The summed E-state index contributed by atoms with van der Waals surface area (Å²) >= 11 is 1.76. The highest BCUT2D eigenvalue weighted by Gasteiger charge is 2.15. The number of ether oxygens (including phenoxy) is 2. The van der Waals surface area contributed by atoms with Gasteiger partial charge in [-0.1, -0.05) is 11.8 Å². The quantitative estimate of drug-likeness (QED) is 0.738. The van der Waals surface area contributed by atoms with E-state index in [1.54, 1.807) is 26.0 Å². The van der Waals surface area contributed by atoms with Crippen molar-refractivity contribution in [3.8, 4) is 0 Å². The first-order valence-corrected chi connectivity index (χ1v) is 5.70. The number of aliphatic imine (C=N–C) groups is 1. The molecule has 0 bridgehead atoms. The highest BCUT2D eigenvalue weighted by Crippen LogP contribution is 2.13. The minimum absolute atomic E-state index is 0.0609. The zero-order valence-corrected chi connectivity index (χ0v) is 9.76. The molecule has 14 heavy (non-hydrogen) atoms. The highest BCUT2D eigenvalue weighted by molar-refractivity contribution is 8.14. The average Bonchev–Trinajstić information content (AvgIpc) is 2.59. The number of hydrogen-bond donors (Lipinski definition) is 1. The summed E-state index contributed by atoms with van der Waals surface area (Å²) in [7, 11) is 3.35. The second-order valence-corrected chi connectivity index (χ2v) is 4.32. The van der Waals surface area contributed by atoms with E-state index >= 15 is 0 Å². The summed E-state index contributed by atoms with van der Waals surface area (Å²) < 4.78 is 10.2. The molecule has 82 valence electrons. The molecule has 0 amide bonds. The lowest BCUT2D eigenvalue weighted by Gasteiger charge is -2.11. The van der Waals surface area contributed by atoms with Crippen molar-refractivity contribution in [1.29, 1.82) is 0 Å². The molecule has 1 rings (SSSR count). The number of nitrogens with one attached hydrogen (secondary N) is 1. The molecular weight excluding hydrogens is 200 g/mol. The third kappa shape index (κ3) is 3.86. The van der Waals surface area contributed by atoms with Crippen molar-refractivity contribution in [2.45, 2.75) is 19.1 Å². The van der Waals surface area contributed by atoms with E-state index < -0.39 is 0 Å². The SMILES string of the molecule is COCC(CN=C1NC(C)CS1)OC. The van der Waals surface area contributed by atoms with Gasteiger partial charge in [0.2, 0.25) is 0 Å². The van der Waals surface area contributed by atoms with Gasteiger partial charge >= 0.3 is 0 Å². The summed E-state index contributed by atoms with van der Waals surface area (Å²) in [5, 5.41) is 4.32. The van der Waals surface area contributed by atoms with Crippen LogP contribution in [-0.4, -0.2) is 50.4 Å². The number of nitrogens with zero attached hydrogens (tertiary/aromatic N) is 1. The van der Waals surface area contributed by atoms with Gasteiger partial charge in [-0.15, -0.1) is 0 Å². The molecular formula is C9H18N2O2S. The molecule has 2 unspecified atom stereocenters. The van der Waals surface area contributed by atoms with Gasteiger partial charge in [-0.25, -0.2) is 0 Å². The van der Waals surface area contributed by atoms with Gasteiger partial charge < -0.3 is 14.8 Å². The first-order chi connectivity index (χ1) is 6.76. The summed E-state index contributed by atoms with van der Waals surface area (Å²) in [6, 6.07) is 0.530. The Morgan fingerprint density at radius 1 is 1.64 bits per heavy atom. The molecule has 1 saturated heterocycles. The van der Waals surface area contributed by atoms with E-state index in [1.165, 1.54) is 0 Å². The number of rotatable bonds is 5. The van der Waals surface area contributed by atoms with Gasteiger partial charge in [0.05, 0.1) is 19.3 Å². The molecule has 0 aromatic heterocycles. The van der Waals surface area contributed by atoms with E-state index in [2.05, 4.69) is 17.2 Å². The Hall–Kier alpha value is -0.260. The van der Waals surface area contributed by atoms with Gasteiger partial charge in [-0.3, -0.25) is 4.99 Å². The zero-order valence-electron chi connectivity index (χ0n) is 8.95. The maximum atomic E-state index is 5.21. The van der Waals surface area contributed by atoms with Crippen LogP contribution in [0.3, 0.4) is 0 Å². The Balaban J connectivity index is 2.29. The molecule has 0 spiro atoms.